The van der Waals surface area contributed by atoms with Gasteiger partial charge in [-0.25, -0.2) is 0 Å². The van der Waals surface area contributed by atoms with Crippen LogP contribution in [0.25, 0.3) is 0 Å². The van der Waals surface area contributed by atoms with Crippen molar-refractivity contribution in [1.29, 1.82) is 0 Å². The maximum atomic E-state index is 10.9. The van der Waals surface area contributed by atoms with Gasteiger partial charge in [0.25, 0.3) is 0 Å². The Bertz CT molecular complexity index is 709. The first-order valence-electron chi connectivity index (χ1n) is 7.21. The zero-order valence-corrected chi connectivity index (χ0v) is 13.8. The molecule has 6 nitrogen and oxygen atoms in total. The van der Waals surface area contributed by atoms with E-state index in [2.05, 4.69) is 0 Å². The molecule has 0 fully saturated rings. The summed E-state index contributed by atoms with van der Waals surface area (Å²) in [4.78, 5) is 21.2. The van der Waals surface area contributed by atoms with Gasteiger partial charge >= 0.3 is 0 Å². The maximum absolute atomic E-state index is 10.9. The van der Waals surface area contributed by atoms with Crippen LogP contribution < -0.4 is 9.47 Å². The molecule has 0 aliphatic carbocycles. The van der Waals surface area contributed by atoms with Crippen molar-refractivity contribution in [3.8, 4) is 23.0 Å². The second-order valence-corrected chi connectivity index (χ2v) is 4.72. The van der Waals surface area contributed by atoms with Crippen molar-refractivity contribution in [3.63, 3.8) is 0 Å². The number of ether oxygens (including phenoxy) is 2. The number of methoxy groups -OCH3 is 1. The molecule has 0 saturated heterocycles. The number of hydrogen-bond acceptors (Lipinski definition) is 6. The van der Waals surface area contributed by atoms with Gasteiger partial charge in [-0.2, -0.15) is 0 Å². The smallest absolute Gasteiger partial charge is 0.161 e. The lowest BCUT2D eigenvalue weighted by atomic mass is 10.1. The van der Waals surface area contributed by atoms with Crippen molar-refractivity contribution >= 4 is 12.1 Å². The molecule has 0 radical (unpaired) electrons. The van der Waals surface area contributed by atoms with Crippen molar-refractivity contribution in [2.24, 2.45) is 0 Å². The molecule has 0 unspecified atom stereocenters. The first-order chi connectivity index (χ1) is 11.4. The molecule has 0 aliphatic rings. The predicted octanol–water partition coefficient (Wildman–Crippen LogP) is 3.21. The Labute approximate surface area is 140 Å². The number of aromatic hydroxyl groups is 2. The molecule has 2 aromatic rings. The van der Waals surface area contributed by atoms with Gasteiger partial charge in [0.2, 0.25) is 0 Å². The summed E-state index contributed by atoms with van der Waals surface area (Å²) < 4.78 is 9.90. The summed E-state index contributed by atoms with van der Waals surface area (Å²) in [5.74, 6) is 0.725. The molecule has 6 heteroatoms. The van der Waals surface area contributed by atoms with Gasteiger partial charge in [-0.15, -0.1) is 0 Å². The zero-order chi connectivity index (χ0) is 18.1. The Morgan fingerprint density at radius 1 is 1.08 bits per heavy atom. The number of ketones is 1. The summed E-state index contributed by atoms with van der Waals surface area (Å²) in [6, 6.07) is 8.98. The standard InChI is InChI=1S/2C9H10O3/c1-6(10)7-3-4-8(11)9(5-7)12-2;1-2-12-9-5-7(6-10)3-4-8(9)11/h3-5,11H,1-2H3;3-6,11H,2H2,1H3. The molecule has 2 N–H and O–H groups in total. The molecule has 128 valence electrons. The number of phenolic OH excluding ortho intramolecular Hbond substituents is 2. The molecular weight excluding hydrogens is 312 g/mol. The third-order valence-electron chi connectivity index (χ3n) is 3.01. The lowest BCUT2D eigenvalue weighted by Gasteiger charge is -2.04. The molecular formula is C18H20O6. The largest absolute Gasteiger partial charge is 0.504 e. The van der Waals surface area contributed by atoms with Crippen LogP contribution in [0.3, 0.4) is 0 Å². The lowest BCUT2D eigenvalue weighted by molar-refractivity contribution is 0.101. The lowest BCUT2D eigenvalue weighted by Crippen LogP contribution is -1.92. The van der Waals surface area contributed by atoms with E-state index in [4.69, 9.17) is 9.47 Å². The van der Waals surface area contributed by atoms with Gasteiger partial charge < -0.3 is 19.7 Å². The van der Waals surface area contributed by atoms with Crippen LogP contribution in [0.5, 0.6) is 23.0 Å². The van der Waals surface area contributed by atoms with Crippen molar-refractivity contribution in [1.82, 2.24) is 0 Å². The fraction of sp³-hybridized carbons (Fsp3) is 0.222. The third kappa shape index (κ3) is 5.31. The monoisotopic (exact) mass is 332 g/mol. The number of aldehydes is 1. The molecule has 0 spiro atoms. The van der Waals surface area contributed by atoms with Crippen LogP contribution in [0.4, 0.5) is 0 Å². The summed E-state index contributed by atoms with van der Waals surface area (Å²) in [6.45, 7) is 3.74. The fourth-order valence-electron chi connectivity index (χ4n) is 1.77. The highest BCUT2D eigenvalue weighted by Crippen LogP contribution is 2.26. The van der Waals surface area contributed by atoms with Gasteiger partial charge in [0.15, 0.2) is 28.8 Å². The van der Waals surface area contributed by atoms with Crippen molar-refractivity contribution in [3.05, 3.63) is 47.5 Å². The zero-order valence-electron chi connectivity index (χ0n) is 13.8. The van der Waals surface area contributed by atoms with Crippen molar-refractivity contribution < 1.29 is 29.3 Å². The summed E-state index contributed by atoms with van der Waals surface area (Å²) >= 11 is 0. The molecule has 2 rings (SSSR count). The highest BCUT2D eigenvalue weighted by atomic mass is 16.5. The van der Waals surface area contributed by atoms with E-state index in [0.29, 0.717) is 35.5 Å². The van der Waals surface area contributed by atoms with E-state index in [9.17, 15) is 19.8 Å². The number of benzene rings is 2. The molecule has 0 saturated carbocycles. The molecule has 24 heavy (non-hydrogen) atoms. The van der Waals surface area contributed by atoms with Gasteiger partial charge in [0.1, 0.15) is 6.29 Å². The van der Waals surface area contributed by atoms with E-state index in [-0.39, 0.29) is 17.3 Å². The Morgan fingerprint density at radius 2 is 1.71 bits per heavy atom. The molecule has 0 aromatic heterocycles. The number of carbonyl (C=O) groups excluding carboxylic acids is 2. The average molecular weight is 332 g/mol. The van der Waals surface area contributed by atoms with Gasteiger partial charge in [-0.3, -0.25) is 9.59 Å². The van der Waals surface area contributed by atoms with E-state index >= 15 is 0 Å². The topological polar surface area (TPSA) is 93.1 Å². The normalized spacial score (nSPS) is 9.46. The van der Waals surface area contributed by atoms with Gasteiger partial charge in [-0.1, -0.05) is 0 Å². The quantitative estimate of drug-likeness (QED) is 0.645. The molecule has 0 bridgehead atoms. The SMILES string of the molecule is CCOc1cc(C=O)ccc1O.COc1cc(C(C)=O)ccc1O. The third-order valence-corrected chi connectivity index (χ3v) is 3.01. The first kappa shape index (κ1) is 19.0. The Balaban J connectivity index is 0.000000240. The summed E-state index contributed by atoms with van der Waals surface area (Å²) in [6.07, 6.45) is 0.710. The predicted molar refractivity (Wildman–Crippen MR) is 89.3 cm³/mol. The van der Waals surface area contributed by atoms with E-state index in [1.165, 1.54) is 44.4 Å². The molecule has 0 amide bonds. The Kier molecular flexibility index (Phi) is 7.29. The highest BCUT2D eigenvalue weighted by molar-refractivity contribution is 5.94. The van der Waals surface area contributed by atoms with E-state index in [0.717, 1.165) is 0 Å². The summed E-state index contributed by atoms with van der Waals surface area (Å²) in [5.41, 5.74) is 1.03. The minimum absolute atomic E-state index is 0.0440. The Morgan fingerprint density at radius 3 is 2.25 bits per heavy atom. The number of phenols is 2. The van der Waals surface area contributed by atoms with E-state index in [1.807, 2.05) is 6.92 Å². The minimum atomic E-state index is -0.0479. The molecule has 2 aromatic carbocycles. The average Bonchev–Trinajstić information content (AvgIpc) is 2.58. The number of rotatable bonds is 5. The van der Waals surface area contributed by atoms with E-state index in [1.54, 1.807) is 6.07 Å². The summed E-state index contributed by atoms with van der Waals surface area (Å²) in [7, 11) is 1.44. The molecule has 0 atom stereocenters. The Hall–Kier alpha value is -3.02. The van der Waals surface area contributed by atoms with Crippen LogP contribution in [-0.2, 0) is 0 Å². The van der Waals surface area contributed by atoms with Crippen LogP contribution in [-0.4, -0.2) is 36.0 Å². The number of carbonyl (C=O) groups is 2. The van der Waals surface area contributed by atoms with Crippen LogP contribution >= 0.6 is 0 Å². The van der Waals surface area contributed by atoms with Crippen LogP contribution in [0.1, 0.15) is 34.6 Å². The van der Waals surface area contributed by atoms with Gasteiger partial charge in [0.05, 0.1) is 13.7 Å². The van der Waals surface area contributed by atoms with Crippen molar-refractivity contribution in [2.75, 3.05) is 13.7 Å². The molecule has 0 aliphatic heterocycles. The maximum Gasteiger partial charge on any atom is 0.161 e. The van der Waals surface area contributed by atoms with Gasteiger partial charge in [0, 0.05) is 11.1 Å². The minimum Gasteiger partial charge on any atom is -0.504 e. The fourth-order valence-corrected chi connectivity index (χ4v) is 1.77. The second-order valence-electron chi connectivity index (χ2n) is 4.72. The van der Waals surface area contributed by atoms with Gasteiger partial charge in [-0.05, 0) is 50.2 Å². The summed E-state index contributed by atoms with van der Waals surface area (Å²) in [5, 5.41) is 18.4. The highest BCUT2D eigenvalue weighted by Gasteiger charge is 2.05. The van der Waals surface area contributed by atoms with Crippen molar-refractivity contribution in [2.45, 2.75) is 13.8 Å². The second kappa shape index (κ2) is 9.19. The van der Waals surface area contributed by atoms with Crippen LogP contribution in [0.2, 0.25) is 0 Å². The molecule has 0 heterocycles. The van der Waals surface area contributed by atoms with E-state index < -0.39 is 0 Å². The van der Waals surface area contributed by atoms with Crippen LogP contribution in [0.15, 0.2) is 36.4 Å². The first-order valence-corrected chi connectivity index (χ1v) is 7.21. The number of Topliss-reactive ketones (excluding diaryl/α,β-unsaturated/α-hetero) is 1. The number of hydrogen-bond donors (Lipinski definition) is 2. The van der Waals surface area contributed by atoms with Crippen LogP contribution in [0, 0.1) is 0 Å².